The standard InChI is InChI=1S/C19H36N6/c1-7-17(25-10-8-9-11-25)13-21-19(20-5)22-14(2)12-18-15(3)23-24(6)16(18)4/h14,17H,7-13H2,1-6H3,(H2,20,21,22). The highest BCUT2D eigenvalue weighted by molar-refractivity contribution is 5.80. The molecule has 1 aliphatic rings. The van der Waals surface area contributed by atoms with Crippen LogP contribution in [0, 0.1) is 13.8 Å². The van der Waals surface area contributed by atoms with Crippen molar-refractivity contribution in [3.05, 3.63) is 17.0 Å². The summed E-state index contributed by atoms with van der Waals surface area (Å²) in [6, 6.07) is 0.902. The molecule has 0 radical (unpaired) electrons. The Morgan fingerprint density at radius 1 is 1.28 bits per heavy atom. The summed E-state index contributed by atoms with van der Waals surface area (Å²) >= 11 is 0. The molecule has 2 atom stereocenters. The number of hydrogen-bond donors (Lipinski definition) is 2. The lowest BCUT2D eigenvalue weighted by molar-refractivity contribution is 0.236. The van der Waals surface area contributed by atoms with Crippen LogP contribution in [-0.4, -0.2) is 59.4 Å². The molecule has 2 unspecified atom stereocenters. The molecule has 1 aliphatic heterocycles. The van der Waals surface area contributed by atoms with Gasteiger partial charge in [-0.25, -0.2) is 0 Å². The highest BCUT2D eigenvalue weighted by atomic mass is 15.3. The summed E-state index contributed by atoms with van der Waals surface area (Å²) in [4.78, 5) is 7.01. The van der Waals surface area contributed by atoms with Crippen molar-refractivity contribution in [1.29, 1.82) is 0 Å². The fraction of sp³-hybridized carbons (Fsp3) is 0.789. The van der Waals surface area contributed by atoms with Crippen LogP contribution in [0.1, 0.15) is 50.1 Å². The molecule has 2 rings (SSSR count). The van der Waals surface area contributed by atoms with Crippen LogP contribution in [0.15, 0.2) is 4.99 Å². The van der Waals surface area contributed by atoms with Crippen molar-refractivity contribution >= 4 is 5.96 Å². The molecule has 1 aromatic rings. The summed E-state index contributed by atoms with van der Waals surface area (Å²) in [6.45, 7) is 12.1. The second-order valence-electron chi connectivity index (χ2n) is 7.28. The summed E-state index contributed by atoms with van der Waals surface area (Å²) < 4.78 is 1.96. The van der Waals surface area contributed by atoms with Crippen molar-refractivity contribution in [2.75, 3.05) is 26.7 Å². The van der Waals surface area contributed by atoms with E-state index in [1.165, 1.54) is 43.6 Å². The van der Waals surface area contributed by atoms with E-state index >= 15 is 0 Å². The molecule has 25 heavy (non-hydrogen) atoms. The summed E-state index contributed by atoms with van der Waals surface area (Å²) in [5, 5.41) is 11.6. The lowest BCUT2D eigenvalue weighted by Crippen LogP contribution is -2.48. The van der Waals surface area contributed by atoms with Gasteiger partial charge in [0.15, 0.2) is 5.96 Å². The van der Waals surface area contributed by atoms with Gasteiger partial charge in [0, 0.05) is 38.4 Å². The van der Waals surface area contributed by atoms with Crippen molar-refractivity contribution in [1.82, 2.24) is 25.3 Å². The lowest BCUT2D eigenvalue weighted by Gasteiger charge is -2.28. The molecule has 142 valence electrons. The van der Waals surface area contributed by atoms with E-state index in [1.54, 1.807) is 0 Å². The van der Waals surface area contributed by atoms with E-state index in [-0.39, 0.29) is 0 Å². The number of guanidine groups is 1. The minimum Gasteiger partial charge on any atom is -0.355 e. The van der Waals surface area contributed by atoms with Gasteiger partial charge >= 0.3 is 0 Å². The Morgan fingerprint density at radius 2 is 1.96 bits per heavy atom. The molecule has 2 heterocycles. The number of aromatic nitrogens is 2. The molecule has 0 bridgehead atoms. The van der Waals surface area contributed by atoms with E-state index in [4.69, 9.17) is 0 Å². The molecule has 6 heteroatoms. The molecule has 1 saturated heterocycles. The van der Waals surface area contributed by atoms with Crippen LogP contribution < -0.4 is 10.6 Å². The predicted octanol–water partition coefficient (Wildman–Crippen LogP) is 2.01. The summed E-state index contributed by atoms with van der Waals surface area (Å²) in [5.41, 5.74) is 3.70. The van der Waals surface area contributed by atoms with Crippen molar-refractivity contribution in [3.63, 3.8) is 0 Å². The van der Waals surface area contributed by atoms with Gasteiger partial charge in [-0.1, -0.05) is 6.92 Å². The van der Waals surface area contributed by atoms with Gasteiger partial charge in [0.05, 0.1) is 5.69 Å². The molecule has 0 aliphatic carbocycles. The molecule has 0 amide bonds. The first kappa shape index (κ1) is 19.8. The maximum absolute atomic E-state index is 4.52. The first-order chi connectivity index (χ1) is 12.0. The zero-order valence-electron chi connectivity index (χ0n) is 16.9. The molecule has 0 saturated carbocycles. The minimum atomic E-state index is 0.305. The van der Waals surface area contributed by atoms with Gasteiger partial charge in [0.1, 0.15) is 0 Å². The maximum Gasteiger partial charge on any atom is 0.191 e. The first-order valence-electron chi connectivity index (χ1n) is 9.66. The molecular formula is C19H36N6. The average Bonchev–Trinajstić information content (AvgIpc) is 3.19. The lowest BCUT2D eigenvalue weighted by atomic mass is 10.1. The van der Waals surface area contributed by atoms with Gasteiger partial charge in [-0.05, 0) is 65.1 Å². The van der Waals surface area contributed by atoms with E-state index in [0.29, 0.717) is 12.1 Å². The van der Waals surface area contributed by atoms with Crippen molar-refractivity contribution in [2.45, 2.75) is 65.5 Å². The highest BCUT2D eigenvalue weighted by Gasteiger charge is 2.21. The minimum absolute atomic E-state index is 0.305. The molecule has 1 fully saturated rings. The van der Waals surface area contributed by atoms with Crippen LogP contribution in [0.4, 0.5) is 0 Å². The molecule has 0 spiro atoms. The van der Waals surface area contributed by atoms with Gasteiger partial charge in [0.25, 0.3) is 0 Å². The number of nitrogens with one attached hydrogen (secondary N) is 2. The van der Waals surface area contributed by atoms with Gasteiger partial charge in [0.2, 0.25) is 0 Å². The van der Waals surface area contributed by atoms with Gasteiger partial charge in [-0.3, -0.25) is 14.6 Å². The predicted molar refractivity (Wildman–Crippen MR) is 105 cm³/mol. The average molecular weight is 349 g/mol. The van der Waals surface area contributed by atoms with Gasteiger partial charge < -0.3 is 10.6 Å². The molecule has 2 N–H and O–H groups in total. The van der Waals surface area contributed by atoms with Crippen LogP contribution in [0.5, 0.6) is 0 Å². The van der Waals surface area contributed by atoms with Crippen LogP contribution in [-0.2, 0) is 13.5 Å². The zero-order chi connectivity index (χ0) is 18.4. The molecular weight excluding hydrogens is 312 g/mol. The first-order valence-corrected chi connectivity index (χ1v) is 9.66. The van der Waals surface area contributed by atoms with Gasteiger partial charge in [-0.15, -0.1) is 0 Å². The van der Waals surface area contributed by atoms with E-state index in [9.17, 15) is 0 Å². The monoisotopic (exact) mass is 348 g/mol. The Bertz CT molecular complexity index is 571. The number of rotatable bonds is 7. The summed E-state index contributed by atoms with van der Waals surface area (Å²) in [5.74, 6) is 0.893. The number of aryl methyl sites for hydroxylation is 2. The number of nitrogens with zero attached hydrogens (tertiary/aromatic N) is 4. The van der Waals surface area contributed by atoms with Crippen molar-refractivity contribution < 1.29 is 0 Å². The van der Waals surface area contributed by atoms with Crippen molar-refractivity contribution in [2.24, 2.45) is 12.0 Å². The van der Waals surface area contributed by atoms with Crippen molar-refractivity contribution in [3.8, 4) is 0 Å². The number of hydrogen-bond acceptors (Lipinski definition) is 3. The third kappa shape index (κ3) is 5.21. The SMILES string of the molecule is CCC(CNC(=NC)NC(C)Cc1c(C)nn(C)c1C)N1CCCC1. The zero-order valence-corrected chi connectivity index (χ0v) is 16.9. The quantitative estimate of drug-likeness (QED) is 0.585. The third-order valence-electron chi connectivity index (χ3n) is 5.41. The third-order valence-corrected chi connectivity index (χ3v) is 5.41. The second-order valence-corrected chi connectivity index (χ2v) is 7.28. The number of aliphatic imine (C=N–C) groups is 1. The highest BCUT2D eigenvalue weighted by Crippen LogP contribution is 2.15. The fourth-order valence-corrected chi connectivity index (χ4v) is 3.75. The van der Waals surface area contributed by atoms with Gasteiger partial charge in [-0.2, -0.15) is 5.10 Å². The summed E-state index contributed by atoms with van der Waals surface area (Å²) in [6.07, 6.45) is 4.80. The molecule has 1 aromatic heterocycles. The Kier molecular flexibility index (Phi) is 7.29. The normalized spacial score (nSPS) is 18.4. The van der Waals surface area contributed by atoms with Crippen LogP contribution in [0.2, 0.25) is 0 Å². The van der Waals surface area contributed by atoms with Crippen LogP contribution in [0.25, 0.3) is 0 Å². The van der Waals surface area contributed by atoms with E-state index in [0.717, 1.165) is 24.6 Å². The van der Waals surface area contributed by atoms with Crippen LogP contribution in [0.3, 0.4) is 0 Å². The summed E-state index contributed by atoms with van der Waals surface area (Å²) in [7, 11) is 3.85. The maximum atomic E-state index is 4.52. The fourth-order valence-electron chi connectivity index (χ4n) is 3.75. The van der Waals surface area contributed by atoms with E-state index in [1.807, 2.05) is 18.8 Å². The smallest absolute Gasteiger partial charge is 0.191 e. The molecule has 6 nitrogen and oxygen atoms in total. The number of likely N-dealkylation sites (tertiary alicyclic amines) is 1. The van der Waals surface area contributed by atoms with Crippen LogP contribution >= 0.6 is 0 Å². The van der Waals surface area contributed by atoms with E-state index < -0.39 is 0 Å². The Balaban J connectivity index is 1.86. The Hall–Kier alpha value is -1.56. The second kappa shape index (κ2) is 9.22. The largest absolute Gasteiger partial charge is 0.355 e. The Morgan fingerprint density at radius 3 is 2.48 bits per heavy atom. The molecule has 0 aromatic carbocycles. The van der Waals surface area contributed by atoms with E-state index in [2.05, 4.69) is 53.3 Å². The topological polar surface area (TPSA) is 57.5 Å². The Labute approximate surface area is 153 Å².